The Kier molecular flexibility index (Phi) is 5.86. The number of benzene rings is 2. The van der Waals surface area contributed by atoms with Crippen LogP contribution in [0.1, 0.15) is 54.4 Å². The molecule has 164 valence electrons. The lowest BCUT2D eigenvalue weighted by atomic mass is 9.92. The molecule has 0 radical (unpaired) electrons. The Morgan fingerprint density at radius 2 is 1.78 bits per heavy atom. The van der Waals surface area contributed by atoms with Crippen molar-refractivity contribution >= 4 is 17.4 Å². The molecule has 0 fully saturated rings. The van der Waals surface area contributed by atoms with E-state index in [1.165, 1.54) is 17.2 Å². The van der Waals surface area contributed by atoms with Gasteiger partial charge in [-0.15, -0.1) is 0 Å². The number of carbonyl (C=O) groups is 2. The predicted octanol–water partition coefficient (Wildman–Crippen LogP) is 5.58. The fourth-order valence-corrected chi connectivity index (χ4v) is 3.89. The first-order valence-corrected chi connectivity index (χ1v) is 10.6. The van der Waals surface area contributed by atoms with E-state index >= 15 is 0 Å². The van der Waals surface area contributed by atoms with Crippen LogP contribution in [0.2, 0.25) is 0 Å². The normalized spacial score (nSPS) is 16.2. The Labute approximate surface area is 186 Å². The third kappa shape index (κ3) is 3.80. The van der Waals surface area contributed by atoms with Crippen molar-refractivity contribution in [2.75, 3.05) is 11.5 Å². The van der Waals surface area contributed by atoms with E-state index in [4.69, 9.17) is 9.15 Å². The monoisotopic (exact) mass is 431 g/mol. The molecule has 1 aliphatic heterocycles. The first-order valence-electron chi connectivity index (χ1n) is 10.6. The molecule has 4 rings (SSSR count). The summed E-state index contributed by atoms with van der Waals surface area (Å²) in [7, 11) is 0. The lowest BCUT2D eigenvalue weighted by Gasteiger charge is -2.27. The average Bonchev–Trinajstić information content (AvgIpc) is 3.42. The van der Waals surface area contributed by atoms with Crippen LogP contribution in [-0.4, -0.2) is 23.4 Å². The highest BCUT2D eigenvalue weighted by Crippen LogP contribution is 2.42. The van der Waals surface area contributed by atoms with Crippen LogP contribution < -0.4 is 9.64 Å². The molecule has 32 heavy (non-hydrogen) atoms. The number of carbonyl (C=O) groups excluding carboxylic acids is 2. The van der Waals surface area contributed by atoms with E-state index in [9.17, 15) is 14.7 Å². The van der Waals surface area contributed by atoms with Gasteiger partial charge in [-0.25, -0.2) is 0 Å². The molecule has 6 heteroatoms. The summed E-state index contributed by atoms with van der Waals surface area (Å²) in [5.41, 5.74) is 2.40. The van der Waals surface area contributed by atoms with Crippen LogP contribution in [0.3, 0.4) is 0 Å². The number of aliphatic hydroxyl groups is 1. The summed E-state index contributed by atoms with van der Waals surface area (Å²) in [6.07, 6.45) is 1.39. The second-order valence-electron chi connectivity index (χ2n) is 7.89. The number of ether oxygens (including phenoxy) is 1. The Morgan fingerprint density at radius 3 is 2.34 bits per heavy atom. The van der Waals surface area contributed by atoms with Crippen LogP contribution in [0, 0.1) is 0 Å². The van der Waals surface area contributed by atoms with Crippen molar-refractivity contribution in [1.82, 2.24) is 0 Å². The molecule has 1 amide bonds. The maximum absolute atomic E-state index is 13.2. The summed E-state index contributed by atoms with van der Waals surface area (Å²) in [5.74, 6) is -0.654. The number of hydrogen-bond acceptors (Lipinski definition) is 5. The van der Waals surface area contributed by atoms with Crippen LogP contribution in [0.5, 0.6) is 5.75 Å². The van der Waals surface area contributed by atoms with Crippen molar-refractivity contribution in [2.24, 2.45) is 0 Å². The molecule has 1 N–H and O–H groups in total. The largest absolute Gasteiger partial charge is 0.503 e. The van der Waals surface area contributed by atoms with E-state index < -0.39 is 23.5 Å². The number of ketones is 1. The summed E-state index contributed by atoms with van der Waals surface area (Å²) >= 11 is 0. The SMILES string of the molecule is CCOc1ccc(N2C(=O)C(O)=C(C(=O)c3ccco3)C2c2ccc(C(C)C)cc2)cc1. The minimum Gasteiger partial charge on any atom is -0.503 e. The minimum atomic E-state index is -0.792. The zero-order valence-electron chi connectivity index (χ0n) is 18.2. The summed E-state index contributed by atoms with van der Waals surface area (Å²) in [5, 5.41) is 10.8. The van der Waals surface area contributed by atoms with Gasteiger partial charge in [0.15, 0.2) is 11.5 Å². The number of nitrogens with zero attached hydrogens (tertiary/aromatic N) is 1. The van der Waals surface area contributed by atoms with Gasteiger partial charge in [0.1, 0.15) is 5.75 Å². The quantitative estimate of drug-likeness (QED) is 0.494. The molecular formula is C26H25NO5. The maximum atomic E-state index is 13.2. The molecule has 2 heterocycles. The van der Waals surface area contributed by atoms with Crippen molar-refractivity contribution in [1.29, 1.82) is 0 Å². The van der Waals surface area contributed by atoms with E-state index in [0.717, 1.165) is 11.1 Å². The summed E-state index contributed by atoms with van der Waals surface area (Å²) in [6.45, 7) is 6.61. The van der Waals surface area contributed by atoms with E-state index in [1.807, 2.05) is 31.2 Å². The Balaban J connectivity index is 1.81. The van der Waals surface area contributed by atoms with Gasteiger partial charge in [-0.05, 0) is 60.4 Å². The Hall–Kier alpha value is -3.80. The fraction of sp³-hybridized carbons (Fsp3) is 0.231. The van der Waals surface area contributed by atoms with Crippen molar-refractivity contribution in [2.45, 2.75) is 32.7 Å². The second kappa shape index (κ2) is 8.75. The zero-order chi connectivity index (χ0) is 22.8. The zero-order valence-corrected chi connectivity index (χ0v) is 18.2. The molecule has 1 aromatic heterocycles. The third-order valence-electron chi connectivity index (χ3n) is 5.54. The van der Waals surface area contributed by atoms with Gasteiger partial charge in [-0.1, -0.05) is 38.1 Å². The maximum Gasteiger partial charge on any atom is 0.294 e. The molecule has 1 atom stereocenters. The molecule has 0 bridgehead atoms. The molecule has 1 aliphatic rings. The predicted molar refractivity (Wildman–Crippen MR) is 121 cm³/mol. The van der Waals surface area contributed by atoms with Crippen molar-refractivity contribution in [3.8, 4) is 5.75 Å². The Morgan fingerprint density at radius 1 is 1.09 bits per heavy atom. The molecule has 6 nitrogen and oxygen atoms in total. The Bertz CT molecular complexity index is 1140. The van der Waals surface area contributed by atoms with Gasteiger partial charge >= 0.3 is 0 Å². The average molecular weight is 431 g/mol. The van der Waals surface area contributed by atoms with Gasteiger partial charge < -0.3 is 14.3 Å². The first-order chi connectivity index (χ1) is 15.4. The van der Waals surface area contributed by atoms with Crippen LogP contribution in [0.25, 0.3) is 0 Å². The molecular weight excluding hydrogens is 406 g/mol. The lowest BCUT2D eigenvalue weighted by molar-refractivity contribution is -0.117. The number of rotatable bonds is 7. The van der Waals surface area contributed by atoms with Crippen molar-refractivity contribution < 1.29 is 23.8 Å². The number of furan rings is 1. The van der Waals surface area contributed by atoms with Gasteiger partial charge in [0.25, 0.3) is 5.91 Å². The van der Waals surface area contributed by atoms with Gasteiger partial charge in [0.2, 0.25) is 5.78 Å². The van der Waals surface area contributed by atoms with Crippen LogP contribution in [0.4, 0.5) is 5.69 Å². The van der Waals surface area contributed by atoms with E-state index in [1.54, 1.807) is 30.3 Å². The number of aliphatic hydroxyl groups excluding tert-OH is 1. The van der Waals surface area contributed by atoms with Crippen LogP contribution in [-0.2, 0) is 4.79 Å². The third-order valence-corrected chi connectivity index (χ3v) is 5.54. The highest BCUT2D eigenvalue weighted by atomic mass is 16.5. The van der Waals surface area contributed by atoms with Crippen molar-refractivity contribution in [3.05, 3.63) is 95.1 Å². The van der Waals surface area contributed by atoms with Crippen molar-refractivity contribution in [3.63, 3.8) is 0 Å². The lowest BCUT2D eigenvalue weighted by Crippen LogP contribution is -2.31. The number of anilines is 1. The molecule has 2 aromatic carbocycles. The van der Waals surface area contributed by atoms with Gasteiger partial charge in [0, 0.05) is 5.69 Å². The van der Waals surface area contributed by atoms with E-state index in [0.29, 0.717) is 24.0 Å². The summed E-state index contributed by atoms with van der Waals surface area (Å²) in [6, 6.07) is 17.1. The second-order valence-corrected chi connectivity index (χ2v) is 7.89. The summed E-state index contributed by atoms with van der Waals surface area (Å²) in [4.78, 5) is 27.8. The van der Waals surface area contributed by atoms with Crippen LogP contribution >= 0.6 is 0 Å². The highest BCUT2D eigenvalue weighted by molar-refractivity contribution is 6.20. The molecule has 0 spiro atoms. The van der Waals surface area contributed by atoms with Gasteiger partial charge in [0.05, 0.1) is 24.5 Å². The van der Waals surface area contributed by atoms with Gasteiger partial charge in [-0.3, -0.25) is 14.5 Å². The fourth-order valence-electron chi connectivity index (χ4n) is 3.89. The molecule has 0 aliphatic carbocycles. The smallest absolute Gasteiger partial charge is 0.294 e. The van der Waals surface area contributed by atoms with E-state index in [-0.39, 0.29) is 11.3 Å². The molecule has 0 saturated heterocycles. The van der Waals surface area contributed by atoms with E-state index in [2.05, 4.69) is 13.8 Å². The molecule has 3 aromatic rings. The van der Waals surface area contributed by atoms with Gasteiger partial charge in [-0.2, -0.15) is 0 Å². The highest BCUT2D eigenvalue weighted by Gasteiger charge is 2.45. The standard InChI is InChI=1S/C26H25NO5/c1-4-31-20-13-11-19(12-14-20)27-23(18-9-7-17(8-10-18)16(2)3)22(25(29)26(27)30)24(28)21-6-5-15-32-21/h5-16,23,29H,4H2,1-3H3. The molecule has 1 unspecified atom stereocenters. The minimum absolute atomic E-state index is 0.00358. The van der Waals surface area contributed by atoms with Crippen LogP contribution in [0.15, 0.2) is 82.7 Å². The number of Topliss-reactive ketones (excluding diaryl/α,β-unsaturated/α-hetero) is 1. The number of hydrogen-bond donors (Lipinski definition) is 1. The first kappa shape index (κ1) is 21.4. The summed E-state index contributed by atoms with van der Waals surface area (Å²) < 4.78 is 10.8. The number of amides is 1. The topological polar surface area (TPSA) is 80.0 Å². The molecule has 0 saturated carbocycles.